The van der Waals surface area contributed by atoms with E-state index >= 15 is 0 Å². The minimum Gasteiger partial charge on any atom is -0.497 e. The van der Waals surface area contributed by atoms with Gasteiger partial charge in [-0.2, -0.15) is 15.2 Å². The lowest BCUT2D eigenvalue weighted by Crippen LogP contribution is -2.23. The zero-order valence-electron chi connectivity index (χ0n) is 21.1. The third-order valence-corrected chi connectivity index (χ3v) is 6.43. The summed E-state index contributed by atoms with van der Waals surface area (Å²) in [5.74, 6) is 0.0768. The van der Waals surface area contributed by atoms with Gasteiger partial charge in [-0.15, -0.1) is 0 Å². The van der Waals surface area contributed by atoms with E-state index in [9.17, 15) is 14.4 Å². The molecule has 0 bridgehead atoms. The largest absolute Gasteiger partial charge is 0.497 e. The number of nitrogens with one attached hydrogen (secondary N) is 1. The number of ether oxygens (including phenoxy) is 1. The van der Waals surface area contributed by atoms with E-state index < -0.39 is 17.4 Å². The summed E-state index contributed by atoms with van der Waals surface area (Å²) < 4.78 is 21.1. The molecule has 0 aliphatic heterocycles. The van der Waals surface area contributed by atoms with Crippen LogP contribution in [0.25, 0.3) is 27.8 Å². The van der Waals surface area contributed by atoms with Gasteiger partial charge >= 0.3 is 0 Å². The van der Waals surface area contributed by atoms with E-state index in [1.165, 1.54) is 16.7 Å². The summed E-state index contributed by atoms with van der Waals surface area (Å²) in [5.41, 5.74) is 15.0. The molecule has 0 spiro atoms. The van der Waals surface area contributed by atoms with Crippen molar-refractivity contribution < 1.29 is 9.13 Å². The van der Waals surface area contributed by atoms with Crippen LogP contribution in [0.15, 0.2) is 77.7 Å². The van der Waals surface area contributed by atoms with Gasteiger partial charge in [-0.1, -0.05) is 42.5 Å². The number of aromatic nitrogens is 3. The number of benzene rings is 2. The summed E-state index contributed by atoms with van der Waals surface area (Å²) >= 11 is 0. The molecular weight excluding hydrogens is 497 g/mol. The summed E-state index contributed by atoms with van der Waals surface area (Å²) in [6, 6.07) is 20.8. The molecule has 39 heavy (non-hydrogen) atoms. The van der Waals surface area contributed by atoms with Gasteiger partial charge in [0.25, 0.3) is 5.56 Å². The Hall–Kier alpha value is -5.43. The maximum absolute atomic E-state index is 14.4. The van der Waals surface area contributed by atoms with Crippen molar-refractivity contribution in [3.63, 3.8) is 0 Å². The molecule has 0 saturated carbocycles. The van der Waals surface area contributed by atoms with E-state index in [-0.39, 0.29) is 23.1 Å². The van der Waals surface area contributed by atoms with Crippen LogP contribution in [-0.4, -0.2) is 21.5 Å². The number of halogens is 1. The van der Waals surface area contributed by atoms with Crippen LogP contribution < -0.4 is 27.1 Å². The smallest absolute Gasteiger partial charge is 0.263 e. The molecule has 10 heteroatoms. The van der Waals surface area contributed by atoms with Gasteiger partial charge in [0.2, 0.25) is 5.95 Å². The van der Waals surface area contributed by atoms with Crippen LogP contribution in [0.2, 0.25) is 0 Å². The summed E-state index contributed by atoms with van der Waals surface area (Å²) in [4.78, 5) is 22.1. The monoisotopic (exact) mass is 521 g/mol. The van der Waals surface area contributed by atoms with Gasteiger partial charge in [-0.05, 0) is 47.9 Å². The third kappa shape index (κ3) is 4.57. The summed E-state index contributed by atoms with van der Waals surface area (Å²) in [7, 11) is 1.58. The standard InChI is InChI=1S/C29H24FN7O2/c1-16(34-27-21(14-31)26(32)35-29(33)36-27)23-24(18-8-11-20(39-2)12-9-18)22-13-10-19(30)15-37(22)28(38)25(23)17-6-4-3-5-7-17/h3-13,15-16H,1-2H3,(H5,32,33,34,35,36)/t16-/m0/s1. The normalized spacial score (nSPS) is 11.6. The van der Waals surface area contributed by atoms with Crippen LogP contribution in [0, 0.1) is 17.1 Å². The molecule has 0 saturated heterocycles. The Morgan fingerprint density at radius 2 is 1.69 bits per heavy atom. The molecule has 0 aliphatic carbocycles. The lowest BCUT2D eigenvalue weighted by molar-refractivity contribution is 0.415. The highest BCUT2D eigenvalue weighted by atomic mass is 19.1. The van der Waals surface area contributed by atoms with Crippen molar-refractivity contribution in [2.45, 2.75) is 13.0 Å². The zero-order valence-corrected chi connectivity index (χ0v) is 21.1. The van der Waals surface area contributed by atoms with Crippen LogP contribution >= 0.6 is 0 Å². The Morgan fingerprint density at radius 1 is 1.00 bits per heavy atom. The maximum atomic E-state index is 14.4. The number of hydrogen-bond acceptors (Lipinski definition) is 8. The molecule has 0 radical (unpaired) electrons. The molecule has 194 valence electrons. The van der Waals surface area contributed by atoms with Gasteiger partial charge in [0, 0.05) is 11.8 Å². The lowest BCUT2D eigenvalue weighted by Gasteiger charge is -2.25. The van der Waals surface area contributed by atoms with Crippen molar-refractivity contribution in [2.24, 2.45) is 0 Å². The minimum absolute atomic E-state index is 0.0305. The number of fused-ring (bicyclic) bond motifs is 1. The molecule has 0 amide bonds. The first kappa shape index (κ1) is 25.2. The summed E-state index contributed by atoms with van der Waals surface area (Å²) in [5, 5.41) is 12.9. The SMILES string of the molecule is COc1ccc(-c2c([C@H](C)Nc3nc(N)nc(N)c3C#N)c(-c3ccccc3)c(=O)n3cc(F)ccc23)cc1. The second-order valence-corrected chi connectivity index (χ2v) is 8.83. The fourth-order valence-corrected chi connectivity index (χ4v) is 4.71. The number of nitrogens with two attached hydrogens (primary N) is 2. The van der Waals surface area contributed by atoms with Crippen molar-refractivity contribution in [3.8, 4) is 34.1 Å². The number of pyridine rings is 2. The second kappa shape index (κ2) is 10.1. The van der Waals surface area contributed by atoms with Crippen LogP contribution in [-0.2, 0) is 0 Å². The second-order valence-electron chi connectivity index (χ2n) is 8.83. The first-order valence-electron chi connectivity index (χ1n) is 12.0. The summed E-state index contributed by atoms with van der Waals surface area (Å²) in [6.45, 7) is 1.84. The Kier molecular flexibility index (Phi) is 6.56. The van der Waals surface area contributed by atoms with Gasteiger partial charge in [0.15, 0.2) is 5.82 Å². The lowest BCUT2D eigenvalue weighted by atomic mass is 9.88. The summed E-state index contributed by atoms with van der Waals surface area (Å²) in [6.07, 6.45) is 1.18. The number of hydrogen-bond donors (Lipinski definition) is 3. The fraction of sp³-hybridized carbons (Fsp3) is 0.103. The van der Waals surface area contributed by atoms with Gasteiger partial charge in [0.05, 0.1) is 24.2 Å². The molecule has 5 rings (SSSR count). The van der Waals surface area contributed by atoms with Gasteiger partial charge < -0.3 is 21.5 Å². The van der Waals surface area contributed by atoms with E-state index in [2.05, 4.69) is 15.3 Å². The minimum atomic E-state index is -0.596. The van der Waals surface area contributed by atoms with E-state index in [1.807, 2.05) is 67.6 Å². The van der Waals surface area contributed by atoms with E-state index in [0.717, 1.165) is 5.56 Å². The van der Waals surface area contributed by atoms with Gasteiger partial charge in [0.1, 0.15) is 29.0 Å². The average Bonchev–Trinajstić information content (AvgIpc) is 2.93. The van der Waals surface area contributed by atoms with Gasteiger partial charge in [-0.3, -0.25) is 9.20 Å². The number of nitriles is 1. The number of nitrogen functional groups attached to an aromatic ring is 2. The third-order valence-electron chi connectivity index (χ3n) is 6.43. The molecule has 0 aliphatic rings. The Bertz CT molecular complexity index is 1800. The fourth-order valence-electron chi connectivity index (χ4n) is 4.71. The highest BCUT2D eigenvalue weighted by molar-refractivity contribution is 5.90. The molecule has 5 aromatic rings. The highest BCUT2D eigenvalue weighted by Crippen LogP contribution is 2.39. The quantitative estimate of drug-likeness (QED) is 0.290. The molecule has 0 unspecified atom stereocenters. The van der Waals surface area contributed by atoms with E-state index in [1.54, 1.807) is 13.2 Å². The maximum Gasteiger partial charge on any atom is 0.263 e. The molecule has 1 atom stereocenters. The number of rotatable bonds is 6. The molecule has 0 fully saturated rings. The first-order chi connectivity index (χ1) is 18.8. The molecular formula is C29H24FN7O2. The average molecular weight is 522 g/mol. The number of nitrogens with zero attached hydrogens (tertiary/aromatic N) is 4. The Morgan fingerprint density at radius 3 is 2.36 bits per heavy atom. The number of methoxy groups -OCH3 is 1. The molecule has 3 heterocycles. The van der Waals surface area contributed by atoms with Crippen molar-refractivity contribution in [2.75, 3.05) is 23.9 Å². The van der Waals surface area contributed by atoms with E-state index in [4.69, 9.17) is 16.2 Å². The number of anilines is 3. The van der Waals surface area contributed by atoms with Crippen molar-refractivity contribution >= 4 is 23.1 Å². The van der Waals surface area contributed by atoms with Crippen LogP contribution in [0.4, 0.5) is 22.0 Å². The van der Waals surface area contributed by atoms with Gasteiger partial charge in [-0.25, -0.2) is 4.39 Å². The van der Waals surface area contributed by atoms with Crippen LogP contribution in [0.5, 0.6) is 5.75 Å². The van der Waals surface area contributed by atoms with Crippen LogP contribution in [0.1, 0.15) is 24.1 Å². The van der Waals surface area contributed by atoms with E-state index in [0.29, 0.717) is 33.5 Å². The molecule has 9 nitrogen and oxygen atoms in total. The molecule has 2 aromatic carbocycles. The predicted octanol–water partition coefficient (Wildman–Crippen LogP) is 4.78. The Balaban J connectivity index is 1.87. The van der Waals surface area contributed by atoms with Crippen molar-refractivity contribution in [1.82, 2.24) is 14.4 Å². The topological polar surface area (TPSA) is 144 Å². The molecule has 3 aromatic heterocycles. The molecule has 5 N–H and O–H groups in total. The Labute approximate surface area is 223 Å². The van der Waals surface area contributed by atoms with Crippen molar-refractivity contribution in [1.29, 1.82) is 5.26 Å². The van der Waals surface area contributed by atoms with Crippen molar-refractivity contribution in [3.05, 3.63) is 100 Å². The highest BCUT2D eigenvalue weighted by Gasteiger charge is 2.26. The zero-order chi connectivity index (χ0) is 27.7. The van der Waals surface area contributed by atoms with Crippen LogP contribution in [0.3, 0.4) is 0 Å². The predicted molar refractivity (Wildman–Crippen MR) is 149 cm³/mol. The first-order valence-corrected chi connectivity index (χ1v) is 12.0.